The van der Waals surface area contributed by atoms with Crippen LogP contribution in [0.5, 0.6) is 11.5 Å². The first-order chi connectivity index (χ1) is 9.24. The first-order valence-corrected chi connectivity index (χ1v) is 5.74. The zero-order chi connectivity index (χ0) is 13.2. The van der Waals surface area contributed by atoms with Gasteiger partial charge in [-0.25, -0.2) is 0 Å². The molecule has 0 aliphatic heterocycles. The lowest BCUT2D eigenvalue weighted by molar-refractivity contribution is 0.279. The number of anilines is 1. The van der Waals surface area contributed by atoms with Crippen molar-refractivity contribution in [2.45, 2.75) is 6.61 Å². The van der Waals surface area contributed by atoms with Gasteiger partial charge < -0.3 is 15.6 Å². The SMILES string of the molecule is Nc1ccn2c(COc3ccccc3O)nnc2c1. The first kappa shape index (κ1) is 11.3. The lowest BCUT2D eigenvalue weighted by Crippen LogP contribution is -2.01. The van der Waals surface area contributed by atoms with Crippen LogP contribution >= 0.6 is 0 Å². The number of rotatable bonds is 3. The van der Waals surface area contributed by atoms with Gasteiger partial charge >= 0.3 is 0 Å². The van der Waals surface area contributed by atoms with E-state index < -0.39 is 0 Å². The van der Waals surface area contributed by atoms with Crippen LogP contribution in [0, 0.1) is 0 Å². The number of hydrogen-bond donors (Lipinski definition) is 2. The maximum atomic E-state index is 9.60. The molecule has 0 amide bonds. The quantitative estimate of drug-likeness (QED) is 0.743. The molecule has 0 aliphatic carbocycles. The zero-order valence-corrected chi connectivity index (χ0v) is 10.0. The molecule has 3 rings (SSSR count). The van der Waals surface area contributed by atoms with Gasteiger partial charge in [0, 0.05) is 18.0 Å². The monoisotopic (exact) mass is 256 g/mol. The van der Waals surface area contributed by atoms with E-state index in [4.69, 9.17) is 10.5 Å². The fraction of sp³-hybridized carbons (Fsp3) is 0.0769. The Balaban J connectivity index is 1.84. The van der Waals surface area contributed by atoms with Crippen LogP contribution < -0.4 is 10.5 Å². The molecule has 1 aromatic carbocycles. The number of para-hydroxylation sites is 2. The third-order valence-corrected chi connectivity index (χ3v) is 2.73. The predicted octanol–water partition coefficient (Wildman–Crippen LogP) is 1.60. The molecule has 3 N–H and O–H groups in total. The molecule has 2 heterocycles. The number of nitrogens with zero attached hydrogens (tertiary/aromatic N) is 3. The molecule has 3 aromatic rings. The molecular weight excluding hydrogens is 244 g/mol. The molecule has 0 radical (unpaired) electrons. The Morgan fingerprint density at radius 3 is 2.89 bits per heavy atom. The Kier molecular flexibility index (Phi) is 2.68. The Bertz CT molecular complexity index is 723. The van der Waals surface area contributed by atoms with Gasteiger partial charge in [0.15, 0.2) is 23.0 Å². The van der Waals surface area contributed by atoms with Crippen LogP contribution in [0.15, 0.2) is 42.6 Å². The van der Waals surface area contributed by atoms with Crippen LogP contribution in [0.1, 0.15) is 5.82 Å². The molecule has 0 unspecified atom stereocenters. The molecule has 19 heavy (non-hydrogen) atoms. The molecule has 6 nitrogen and oxygen atoms in total. The van der Waals surface area contributed by atoms with Gasteiger partial charge in [-0.05, 0) is 18.2 Å². The van der Waals surface area contributed by atoms with Crippen LogP contribution in [0.25, 0.3) is 5.65 Å². The van der Waals surface area contributed by atoms with Gasteiger partial charge in [-0.2, -0.15) is 0 Å². The number of aromatic nitrogens is 3. The van der Waals surface area contributed by atoms with Crippen LogP contribution in [-0.2, 0) is 6.61 Å². The minimum absolute atomic E-state index is 0.0977. The van der Waals surface area contributed by atoms with E-state index >= 15 is 0 Å². The summed E-state index contributed by atoms with van der Waals surface area (Å²) in [4.78, 5) is 0. The van der Waals surface area contributed by atoms with Crippen molar-refractivity contribution in [1.29, 1.82) is 0 Å². The largest absolute Gasteiger partial charge is 0.504 e. The maximum Gasteiger partial charge on any atom is 0.175 e. The van der Waals surface area contributed by atoms with Gasteiger partial charge in [-0.1, -0.05) is 12.1 Å². The van der Waals surface area contributed by atoms with Crippen molar-refractivity contribution in [2.24, 2.45) is 0 Å². The third-order valence-electron chi connectivity index (χ3n) is 2.73. The molecule has 0 atom stereocenters. The molecular formula is C13H12N4O2. The van der Waals surface area contributed by atoms with Gasteiger partial charge in [0.1, 0.15) is 6.61 Å². The summed E-state index contributed by atoms with van der Waals surface area (Å²) in [5.74, 6) is 1.15. The number of pyridine rings is 1. The van der Waals surface area contributed by atoms with E-state index in [1.165, 1.54) is 0 Å². The molecule has 96 valence electrons. The standard InChI is InChI=1S/C13H12N4O2/c14-9-5-6-17-12(7-9)15-16-13(17)8-19-11-4-2-1-3-10(11)18/h1-7,18H,8,14H2. The van der Waals surface area contributed by atoms with E-state index in [0.29, 0.717) is 22.9 Å². The summed E-state index contributed by atoms with van der Waals surface area (Å²) in [6.45, 7) is 0.211. The maximum absolute atomic E-state index is 9.60. The van der Waals surface area contributed by atoms with Crippen LogP contribution in [0.2, 0.25) is 0 Å². The number of nitrogen functional groups attached to an aromatic ring is 1. The van der Waals surface area contributed by atoms with E-state index in [9.17, 15) is 5.11 Å². The van der Waals surface area contributed by atoms with Crippen molar-refractivity contribution < 1.29 is 9.84 Å². The Hall–Kier alpha value is -2.76. The summed E-state index contributed by atoms with van der Waals surface area (Å²) in [5.41, 5.74) is 6.97. The summed E-state index contributed by atoms with van der Waals surface area (Å²) in [6.07, 6.45) is 1.79. The average Bonchev–Trinajstić information content (AvgIpc) is 2.80. The summed E-state index contributed by atoms with van der Waals surface area (Å²) in [7, 11) is 0. The average molecular weight is 256 g/mol. The van der Waals surface area contributed by atoms with Gasteiger partial charge in [-0.3, -0.25) is 4.40 Å². The van der Waals surface area contributed by atoms with E-state index in [0.717, 1.165) is 0 Å². The number of hydrogen-bond acceptors (Lipinski definition) is 5. The van der Waals surface area contributed by atoms with Crippen LogP contribution in [0.4, 0.5) is 5.69 Å². The van der Waals surface area contributed by atoms with Crippen molar-refractivity contribution in [1.82, 2.24) is 14.6 Å². The summed E-state index contributed by atoms with van der Waals surface area (Å²) < 4.78 is 7.30. The number of phenolic OH excluding ortho intramolecular Hbond substituents is 1. The summed E-state index contributed by atoms with van der Waals surface area (Å²) >= 11 is 0. The van der Waals surface area contributed by atoms with Gasteiger partial charge in [-0.15, -0.1) is 10.2 Å². The van der Waals surface area contributed by atoms with E-state index in [1.54, 1.807) is 47.0 Å². The van der Waals surface area contributed by atoms with Crippen LogP contribution in [-0.4, -0.2) is 19.7 Å². The Labute approximate surface area is 109 Å². The van der Waals surface area contributed by atoms with Gasteiger partial charge in [0.25, 0.3) is 0 Å². The molecule has 0 saturated carbocycles. The zero-order valence-electron chi connectivity index (χ0n) is 10.0. The summed E-state index contributed by atoms with van der Waals surface area (Å²) in [5, 5.41) is 17.6. The Morgan fingerprint density at radius 2 is 2.05 bits per heavy atom. The third kappa shape index (κ3) is 2.15. The van der Waals surface area contributed by atoms with Crippen molar-refractivity contribution in [3.05, 3.63) is 48.4 Å². The highest BCUT2D eigenvalue weighted by Gasteiger charge is 2.07. The number of fused-ring (bicyclic) bond motifs is 1. The fourth-order valence-electron chi connectivity index (χ4n) is 1.78. The Morgan fingerprint density at radius 1 is 1.21 bits per heavy atom. The molecule has 0 saturated heterocycles. The number of nitrogens with two attached hydrogens (primary N) is 1. The molecule has 2 aromatic heterocycles. The van der Waals surface area contributed by atoms with Crippen LogP contribution in [0.3, 0.4) is 0 Å². The van der Waals surface area contributed by atoms with E-state index in [-0.39, 0.29) is 12.4 Å². The lowest BCUT2D eigenvalue weighted by Gasteiger charge is -2.06. The normalized spacial score (nSPS) is 10.7. The number of aromatic hydroxyl groups is 1. The lowest BCUT2D eigenvalue weighted by atomic mass is 10.3. The molecule has 0 spiro atoms. The fourth-order valence-corrected chi connectivity index (χ4v) is 1.78. The molecule has 6 heteroatoms. The molecule has 0 aliphatic rings. The summed E-state index contributed by atoms with van der Waals surface area (Å²) in [6, 6.07) is 10.3. The highest BCUT2D eigenvalue weighted by Crippen LogP contribution is 2.25. The second kappa shape index (κ2) is 4.49. The van der Waals surface area contributed by atoms with E-state index in [2.05, 4.69) is 10.2 Å². The predicted molar refractivity (Wildman–Crippen MR) is 69.8 cm³/mol. The van der Waals surface area contributed by atoms with Crippen molar-refractivity contribution in [3.63, 3.8) is 0 Å². The number of ether oxygens (including phenoxy) is 1. The smallest absolute Gasteiger partial charge is 0.175 e. The van der Waals surface area contributed by atoms with Gasteiger partial charge in [0.2, 0.25) is 0 Å². The minimum atomic E-state index is 0.0977. The minimum Gasteiger partial charge on any atom is -0.504 e. The second-order valence-electron chi connectivity index (χ2n) is 4.06. The topological polar surface area (TPSA) is 85.7 Å². The number of phenols is 1. The molecule has 0 bridgehead atoms. The molecule has 0 fully saturated rings. The highest BCUT2D eigenvalue weighted by molar-refractivity contribution is 5.51. The van der Waals surface area contributed by atoms with Gasteiger partial charge in [0.05, 0.1) is 0 Å². The van der Waals surface area contributed by atoms with Crippen molar-refractivity contribution in [3.8, 4) is 11.5 Å². The highest BCUT2D eigenvalue weighted by atomic mass is 16.5. The van der Waals surface area contributed by atoms with Crippen molar-refractivity contribution in [2.75, 3.05) is 5.73 Å². The van der Waals surface area contributed by atoms with E-state index in [1.807, 2.05) is 0 Å². The first-order valence-electron chi connectivity index (χ1n) is 5.74. The van der Waals surface area contributed by atoms with Crippen molar-refractivity contribution >= 4 is 11.3 Å². The number of benzene rings is 1. The second-order valence-corrected chi connectivity index (χ2v) is 4.06.